The first-order valence-corrected chi connectivity index (χ1v) is 8.30. The summed E-state index contributed by atoms with van der Waals surface area (Å²) in [4.78, 5) is 28.7. The van der Waals surface area contributed by atoms with E-state index >= 15 is 0 Å². The maximum absolute atomic E-state index is 12.2. The summed E-state index contributed by atoms with van der Waals surface area (Å²) in [6.45, 7) is 2.39. The molecule has 1 N–H and O–H groups in total. The van der Waals surface area contributed by atoms with E-state index in [1.54, 1.807) is 24.3 Å². The molecule has 0 fully saturated rings. The molecule has 0 aliphatic rings. The van der Waals surface area contributed by atoms with Crippen molar-refractivity contribution >= 4 is 11.6 Å². The number of nitrogens with zero attached hydrogens (tertiary/aromatic N) is 2. The zero-order valence-corrected chi connectivity index (χ0v) is 14.4. The molecule has 1 heterocycles. The number of aromatic nitrogens is 2. The number of hydrogen-bond donors (Lipinski definition) is 1. The fourth-order valence-electron chi connectivity index (χ4n) is 2.47. The quantitative estimate of drug-likeness (QED) is 0.742. The molecule has 0 aliphatic heterocycles. The Bertz CT molecular complexity index is 935. The normalized spacial score (nSPS) is 10.3. The van der Waals surface area contributed by atoms with Gasteiger partial charge in [-0.25, -0.2) is 4.98 Å². The molecule has 2 aromatic carbocycles. The van der Waals surface area contributed by atoms with Crippen molar-refractivity contribution in [2.24, 2.45) is 0 Å². The topological polar surface area (TPSA) is 73.2 Å². The van der Waals surface area contributed by atoms with Crippen LogP contribution in [0.1, 0.15) is 6.92 Å². The molecule has 6 nitrogen and oxygen atoms in total. The van der Waals surface area contributed by atoms with Gasteiger partial charge in [-0.1, -0.05) is 30.3 Å². The number of amides is 1. The van der Waals surface area contributed by atoms with Crippen LogP contribution in [-0.2, 0) is 11.3 Å². The average Bonchev–Trinajstić information content (AvgIpc) is 2.66. The number of nitrogens with one attached hydrogen (secondary N) is 1. The second kappa shape index (κ2) is 8.11. The van der Waals surface area contributed by atoms with E-state index in [9.17, 15) is 9.59 Å². The van der Waals surface area contributed by atoms with Crippen LogP contribution in [0.4, 0.5) is 5.69 Å². The third-order valence-electron chi connectivity index (χ3n) is 3.71. The smallest absolute Gasteiger partial charge is 0.254 e. The van der Waals surface area contributed by atoms with Crippen LogP contribution >= 0.6 is 0 Å². The van der Waals surface area contributed by atoms with Gasteiger partial charge in [-0.05, 0) is 31.2 Å². The van der Waals surface area contributed by atoms with Crippen molar-refractivity contribution in [2.45, 2.75) is 13.5 Å². The van der Waals surface area contributed by atoms with E-state index in [0.29, 0.717) is 18.0 Å². The Labute approximate surface area is 151 Å². The Morgan fingerprint density at radius 3 is 2.50 bits per heavy atom. The lowest BCUT2D eigenvalue weighted by Gasteiger charge is -2.09. The number of hydrogen-bond acceptors (Lipinski definition) is 4. The van der Waals surface area contributed by atoms with Gasteiger partial charge in [0.1, 0.15) is 12.3 Å². The molecule has 0 saturated heterocycles. The van der Waals surface area contributed by atoms with Crippen molar-refractivity contribution in [1.29, 1.82) is 0 Å². The lowest BCUT2D eigenvalue weighted by Crippen LogP contribution is -2.27. The molecule has 26 heavy (non-hydrogen) atoms. The first-order chi connectivity index (χ1) is 12.7. The molecule has 0 radical (unpaired) electrons. The lowest BCUT2D eigenvalue weighted by atomic mass is 10.1. The van der Waals surface area contributed by atoms with E-state index in [1.807, 2.05) is 37.3 Å². The van der Waals surface area contributed by atoms with Gasteiger partial charge in [0, 0.05) is 17.3 Å². The van der Waals surface area contributed by atoms with E-state index in [-0.39, 0.29) is 18.0 Å². The van der Waals surface area contributed by atoms with E-state index < -0.39 is 0 Å². The van der Waals surface area contributed by atoms with Crippen LogP contribution in [0, 0.1) is 0 Å². The van der Waals surface area contributed by atoms with E-state index in [0.717, 1.165) is 11.3 Å². The average molecular weight is 349 g/mol. The molecule has 6 heteroatoms. The molecule has 1 aromatic heterocycles. The third kappa shape index (κ3) is 4.36. The van der Waals surface area contributed by atoms with Crippen LogP contribution in [0.5, 0.6) is 5.75 Å². The Balaban J connectivity index is 1.66. The van der Waals surface area contributed by atoms with Crippen molar-refractivity contribution in [1.82, 2.24) is 9.55 Å². The minimum Gasteiger partial charge on any atom is -0.494 e. The summed E-state index contributed by atoms with van der Waals surface area (Å²) in [6.07, 6.45) is 1.39. The molecule has 3 rings (SSSR count). The van der Waals surface area contributed by atoms with Crippen molar-refractivity contribution in [3.8, 4) is 17.0 Å². The molecule has 0 unspecified atom stereocenters. The summed E-state index contributed by atoms with van der Waals surface area (Å²) < 4.78 is 6.63. The minimum absolute atomic E-state index is 0.103. The van der Waals surface area contributed by atoms with Gasteiger partial charge in [-0.2, -0.15) is 0 Å². The lowest BCUT2D eigenvalue weighted by molar-refractivity contribution is -0.116. The zero-order valence-electron chi connectivity index (χ0n) is 14.4. The highest BCUT2D eigenvalue weighted by Crippen LogP contribution is 2.16. The van der Waals surface area contributed by atoms with Crippen LogP contribution in [0.3, 0.4) is 0 Å². The second-order valence-corrected chi connectivity index (χ2v) is 5.61. The summed E-state index contributed by atoms with van der Waals surface area (Å²) in [5.41, 5.74) is 1.80. The van der Waals surface area contributed by atoms with Gasteiger partial charge in [0.2, 0.25) is 5.91 Å². The van der Waals surface area contributed by atoms with Crippen LogP contribution in [0.25, 0.3) is 11.3 Å². The SMILES string of the molecule is CCOc1ccc(NC(=O)Cn2cnc(-c3ccccc3)cc2=O)cc1. The highest BCUT2D eigenvalue weighted by atomic mass is 16.5. The largest absolute Gasteiger partial charge is 0.494 e. The molecule has 0 bridgehead atoms. The highest BCUT2D eigenvalue weighted by Gasteiger charge is 2.07. The molecule has 3 aromatic rings. The third-order valence-corrected chi connectivity index (χ3v) is 3.71. The van der Waals surface area contributed by atoms with Crippen molar-refractivity contribution in [3.05, 3.63) is 77.3 Å². The molecule has 0 aliphatic carbocycles. The predicted octanol–water partition coefficient (Wildman–Crippen LogP) is 2.95. The second-order valence-electron chi connectivity index (χ2n) is 5.61. The maximum Gasteiger partial charge on any atom is 0.254 e. The Kier molecular flexibility index (Phi) is 5.43. The van der Waals surface area contributed by atoms with Crippen molar-refractivity contribution in [3.63, 3.8) is 0 Å². The Morgan fingerprint density at radius 1 is 1.12 bits per heavy atom. The summed E-state index contributed by atoms with van der Waals surface area (Å²) in [5.74, 6) is 0.438. The van der Waals surface area contributed by atoms with E-state index in [1.165, 1.54) is 17.0 Å². The number of carbonyl (C=O) groups is 1. The number of ether oxygens (including phenoxy) is 1. The summed E-state index contributed by atoms with van der Waals surface area (Å²) >= 11 is 0. The van der Waals surface area contributed by atoms with E-state index in [4.69, 9.17) is 4.74 Å². The highest BCUT2D eigenvalue weighted by molar-refractivity contribution is 5.90. The summed E-state index contributed by atoms with van der Waals surface area (Å²) in [7, 11) is 0. The number of carbonyl (C=O) groups excluding carboxylic acids is 1. The Hall–Kier alpha value is -3.41. The van der Waals surface area contributed by atoms with Gasteiger partial charge in [-0.3, -0.25) is 14.2 Å². The monoisotopic (exact) mass is 349 g/mol. The van der Waals surface area contributed by atoms with Crippen LogP contribution < -0.4 is 15.6 Å². The maximum atomic E-state index is 12.2. The van der Waals surface area contributed by atoms with Gasteiger partial charge >= 0.3 is 0 Å². The first-order valence-electron chi connectivity index (χ1n) is 8.30. The minimum atomic E-state index is -0.300. The van der Waals surface area contributed by atoms with Gasteiger partial charge in [0.05, 0.1) is 18.6 Å². The molecular weight excluding hydrogens is 330 g/mol. The van der Waals surface area contributed by atoms with Crippen LogP contribution in [-0.4, -0.2) is 22.1 Å². The predicted molar refractivity (Wildman–Crippen MR) is 100 cm³/mol. The van der Waals surface area contributed by atoms with Crippen molar-refractivity contribution < 1.29 is 9.53 Å². The van der Waals surface area contributed by atoms with Gasteiger partial charge < -0.3 is 10.1 Å². The van der Waals surface area contributed by atoms with Crippen LogP contribution in [0.2, 0.25) is 0 Å². The molecule has 132 valence electrons. The molecule has 0 atom stereocenters. The number of rotatable bonds is 6. The molecule has 1 amide bonds. The van der Waals surface area contributed by atoms with Crippen molar-refractivity contribution in [2.75, 3.05) is 11.9 Å². The summed E-state index contributed by atoms with van der Waals surface area (Å²) in [5, 5.41) is 2.75. The molecule has 0 saturated carbocycles. The summed E-state index contributed by atoms with van der Waals surface area (Å²) in [6, 6.07) is 17.9. The Morgan fingerprint density at radius 2 is 1.85 bits per heavy atom. The fraction of sp³-hybridized carbons (Fsp3) is 0.150. The van der Waals surface area contributed by atoms with Crippen LogP contribution in [0.15, 0.2) is 71.8 Å². The van der Waals surface area contributed by atoms with Gasteiger partial charge in [-0.15, -0.1) is 0 Å². The standard InChI is InChI=1S/C20H19N3O3/c1-2-26-17-10-8-16(9-11-17)22-19(24)13-23-14-21-18(12-20(23)25)15-6-4-3-5-7-15/h3-12,14H,2,13H2,1H3,(H,22,24). The number of benzene rings is 2. The number of anilines is 1. The first kappa shape index (κ1) is 17.4. The molecular formula is C20H19N3O3. The molecule has 0 spiro atoms. The van der Waals surface area contributed by atoms with E-state index in [2.05, 4.69) is 10.3 Å². The fourth-order valence-corrected chi connectivity index (χ4v) is 2.47. The van der Waals surface area contributed by atoms with Gasteiger partial charge in [0.15, 0.2) is 0 Å². The zero-order chi connectivity index (χ0) is 18.4. The van der Waals surface area contributed by atoms with Gasteiger partial charge in [0.25, 0.3) is 5.56 Å².